The lowest BCUT2D eigenvalue weighted by Crippen LogP contribution is -2.05. The van der Waals surface area contributed by atoms with Gasteiger partial charge in [-0.2, -0.15) is 0 Å². The molecule has 0 unspecified atom stereocenters. The number of aromatic amines is 2. The average Bonchev–Trinajstić information content (AvgIpc) is 3.06. The fraction of sp³-hybridized carbons (Fsp3) is 0.200. The molecule has 0 aliphatic heterocycles. The number of aromatic nitrogens is 2. The van der Waals surface area contributed by atoms with Crippen molar-refractivity contribution in [1.29, 1.82) is 0 Å². The lowest BCUT2D eigenvalue weighted by atomic mass is 9.94. The van der Waals surface area contributed by atoms with Crippen LogP contribution in [-0.2, 0) is 25.7 Å². The Morgan fingerprint density at radius 2 is 1.00 bits per heavy atom. The molecule has 1 aliphatic rings. The molecule has 0 fully saturated rings. The SMILES string of the molecule is c1ccc2c3c([nH]c2c1)CCc1c([nH]c2ccccc12)CC3. The van der Waals surface area contributed by atoms with Crippen molar-refractivity contribution in [2.75, 3.05) is 0 Å². The molecule has 2 heteroatoms. The smallest absolute Gasteiger partial charge is 0.0458 e. The number of rotatable bonds is 0. The van der Waals surface area contributed by atoms with Gasteiger partial charge in [0.15, 0.2) is 0 Å². The molecular weight excluding hydrogens is 268 g/mol. The van der Waals surface area contributed by atoms with E-state index in [1.807, 2.05) is 0 Å². The summed E-state index contributed by atoms with van der Waals surface area (Å²) in [6, 6.07) is 17.4. The quantitative estimate of drug-likeness (QED) is 0.476. The number of H-pyrrole nitrogens is 2. The van der Waals surface area contributed by atoms with E-state index in [-0.39, 0.29) is 0 Å². The van der Waals surface area contributed by atoms with E-state index in [1.165, 1.54) is 44.3 Å². The van der Waals surface area contributed by atoms with E-state index in [2.05, 4.69) is 58.5 Å². The first-order valence-corrected chi connectivity index (χ1v) is 8.07. The third-order valence-corrected chi connectivity index (χ3v) is 5.05. The summed E-state index contributed by atoms with van der Waals surface area (Å²) >= 11 is 0. The van der Waals surface area contributed by atoms with E-state index in [4.69, 9.17) is 0 Å². The molecule has 2 aromatic heterocycles. The molecule has 0 radical (unpaired) electrons. The van der Waals surface area contributed by atoms with E-state index in [9.17, 15) is 0 Å². The highest BCUT2D eigenvalue weighted by Crippen LogP contribution is 2.31. The molecule has 2 N–H and O–H groups in total. The zero-order valence-corrected chi connectivity index (χ0v) is 12.4. The van der Waals surface area contributed by atoms with Gasteiger partial charge < -0.3 is 9.97 Å². The maximum atomic E-state index is 3.64. The third kappa shape index (κ3) is 1.67. The zero-order valence-electron chi connectivity index (χ0n) is 12.4. The van der Waals surface area contributed by atoms with E-state index in [0.29, 0.717) is 0 Å². The molecule has 0 spiro atoms. The van der Waals surface area contributed by atoms with Crippen molar-refractivity contribution in [2.45, 2.75) is 25.7 Å². The molecule has 2 heterocycles. The molecule has 0 bridgehead atoms. The van der Waals surface area contributed by atoms with Crippen molar-refractivity contribution < 1.29 is 0 Å². The summed E-state index contributed by atoms with van der Waals surface area (Å²) in [5.41, 5.74) is 8.44. The molecule has 22 heavy (non-hydrogen) atoms. The van der Waals surface area contributed by atoms with Crippen LogP contribution in [0.5, 0.6) is 0 Å². The largest absolute Gasteiger partial charge is 0.358 e. The molecule has 4 aromatic rings. The first-order chi connectivity index (χ1) is 10.9. The van der Waals surface area contributed by atoms with Gasteiger partial charge in [0.05, 0.1) is 0 Å². The summed E-state index contributed by atoms with van der Waals surface area (Å²) < 4.78 is 0. The number of benzene rings is 2. The standard InChI is InChI=1S/C20H18N2/c1-3-7-17-13(5-1)15-9-11-20-16(10-12-19(15)21-17)14-6-2-4-8-18(14)22-20/h1-8,21-22H,9-12H2. The number of fused-ring (bicyclic) bond motifs is 6. The normalized spacial score (nSPS) is 14.5. The van der Waals surface area contributed by atoms with Crippen LogP contribution >= 0.6 is 0 Å². The summed E-state index contributed by atoms with van der Waals surface area (Å²) in [6.07, 6.45) is 4.41. The Labute approximate surface area is 129 Å². The second kappa shape index (κ2) is 4.51. The van der Waals surface area contributed by atoms with Crippen LogP contribution in [0.4, 0.5) is 0 Å². The topological polar surface area (TPSA) is 31.6 Å². The minimum absolute atomic E-state index is 1.10. The Bertz CT molecular complexity index is 905. The highest BCUT2D eigenvalue weighted by atomic mass is 14.7. The van der Waals surface area contributed by atoms with Crippen molar-refractivity contribution in [2.24, 2.45) is 0 Å². The van der Waals surface area contributed by atoms with Gasteiger partial charge in [-0.25, -0.2) is 0 Å². The Balaban J connectivity index is 1.65. The van der Waals surface area contributed by atoms with E-state index >= 15 is 0 Å². The second-order valence-electron chi connectivity index (χ2n) is 6.26. The minimum atomic E-state index is 1.10. The zero-order chi connectivity index (χ0) is 14.5. The minimum Gasteiger partial charge on any atom is -0.358 e. The number of nitrogens with one attached hydrogen (secondary N) is 2. The average molecular weight is 286 g/mol. The van der Waals surface area contributed by atoms with Crippen molar-refractivity contribution in [3.05, 3.63) is 71.0 Å². The second-order valence-corrected chi connectivity index (χ2v) is 6.26. The molecule has 1 aliphatic carbocycles. The van der Waals surface area contributed by atoms with Gasteiger partial charge in [-0.1, -0.05) is 36.4 Å². The van der Waals surface area contributed by atoms with Gasteiger partial charge in [0.1, 0.15) is 0 Å². The Kier molecular flexibility index (Phi) is 2.48. The van der Waals surface area contributed by atoms with Gasteiger partial charge in [-0.15, -0.1) is 0 Å². The van der Waals surface area contributed by atoms with E-state index in [1.54, 1.807) is 0 Å². The molecule has 0 saturated carbocycles. The van der Waals surface area contributed by atoms with Gasteiger partial charge in [0.2, 0.25) is 0 Å². The molecule has 5 rings (SSSR count). The molecule has 2 nitrogen and oxygen atoms in total. The van der Waals surface area contributed by atoms with Crippen LogP contribution < -0.4 is 0 Å². The number of hydrogen-bond acceptors (Lipinski definition) is 0. The summed E-state index contributed by atoms with van der Waals surface area (Å²) in [4.78, 5) is 7.29. The van der Waals surface area contributed by atoms with Crippen molar-refractivity contribution in [3.63, 3.8) is 0 Å². The fourth-order valence-corrected chi connectivity index (χ4v) is 4.01. The first kappa shape index (κ1) is 12.1. The first-order valence-electron chi connectivity index (χ1n) is 8.07. The predicted octanol–water partition coefficient (Wildman–Crippen LogP) is 4.53. The maximum absolute atomic E-state index is 3.64. The highest BCUT2D eigenvalue weighted by Gasteiger charge is 2.18. The van der Waals surface area contributed by atoms with E-state index < -0.39 is 0 Å². The number of hydrogen-bond donors (Lipinski definition) is 2. The molecule has 0 atom stereocenters. The third-order valence-electron chi connectivity index (χ3n) is 5.05. The molecule has 0 amide bonds. The summed E-state index contributed by atoms with van der Waals surface area (Å²) in [6.45, 7) is 0. The van der Waals surface area contributed by atoms with Crippen LogP contribution in [0.25, 0.3) is 21.8 Å². The predicted molar refractivity (Wildman–Crippen MR) is 91.4 cm³/mol. The van der Waals surface area contributed by atoms with Gasteiger partial charge in [-0.05, 0) is 48.9 Å². The van der Waals surface area contributed by atoms with Gasteiger partial charge in [0.25, 0.3) is 0 Å². The van der Waals surface area contributed by atoms with Crippen LogP contribution in [-0.4, -0.2) is 9.97 Å². The lowest BCUT2D eigenvalue weighted by molar-refractivity contribution is 0.822. The lowest BCUT2D eigenvalue weighted by Gasteiger charge is -2.11. The highest BCUT2D eigenvalue weighted by molar-refractivity contribution is 5.86. The van der Waals surface area contributed by atoms with Gasteiger partial charge >= 0.3 is 0 Å². The molecule has 108 valence electrons. The monoisotopic (exact) mass is 286 g/mol. The Morgan fingerprint density at radius 3 is 1.50 bits per heavy atom. The van der Waals surface area contributed by atoms with Crippen molar-refractivity contribution in [1.82, 2.24) is 9.97 Å². The van der Waals surface area contributed by atoms with Crippen LogP contribution in [0.1, 0.15) is 22.5 Å². The van der Waals surface area contributed by atoms with Crippen LogP contribution in [0.3, 0.4) is 0 Å². The number of aryl methyl sites for hydroxylation is 4. The molecular formula is C20H18N2. The molecule has 2 aromatic carbocycles. The van der Waals surface area contributed by atoms with Gasteiger partial charge in [0, 0.05) is 33.2 Å². The summed E-state index contributed by atoms with van der Waals surface area (Å²) in [7, 11) is 0. The summed E-state index contributed by atoms with van der Waals surface area (Å²) in [5, 5.41) is 2.80. The van der Waals surface area contributed by atoms with Crippen molar-refractivity contribution >= 4 is 21.8 Å². The molecule has 0 saturated heterocycles. The van der Waals surface area contributed by atoms with Crippen molar-refractivity contribution in [3.8, 4) is 0 Å². The van der Waals surface area contributed by atoms with E-state index in [0.717, 1.165) is 25.7 Å². The Hall–Kier alpha value is -2.48. The van der Waals surface area contributed by atoms with Gasteiger partial charge in [-0.3, -0.25) is 0 Å². The van der Waals surface area contributed by atoms with Crippen LogP contribution in [0.2, 0.25) is 0 Å². The fourth-order valence-electron chi connectivity index (χ4n) is 4.01. The summed E-state index contributed by atoms with van der Waals surface area (Å²) in [5.74, 6) is 0. The Morgan fingerprint density at radius 1 is 0.545 bits per heavy atom. The number of para-hydroxylation sites is 2. The maximum Gasteiger partial charge on any atom is 0.0458 e. The van der Waals surface area contributed by atoms with Crippen LogP contribution in [0.15, 0.2) is 48.5 Å². The van der Waals surface area contributed by atoms with Crippen LogP contribution in [0, 0.1) is 0 Å².